The summed E-state index contributed by atoms with van der Waals surface area (Å²) in [4.78, 5) is 7.42. The van der Waals surface area contributed by atoms with Crippen molar-refractivity contribution in [2.24, 2.45) is 5.41 Å². The minimum Gasteiger partial charge on any atom is -0.345 e. The highest BCUT2D eigenvalue weighted by Crippen LogP contribution is 2.35. The quantitative estimate of drug-likeness (QED) is 0.483. The van der Waals surface area contributed by atoms with Gasteiger partial charge < -0.3 is 10.3 Å². The van der Waals surface area contributed by atoms with Gasteiger partial charge in [-0.3, -0.25) is 0 Å². The molecule has 0 radical (unpaired) electrons. The van der Waals surface area contributed by atoms with Crippen molar-refractivity contribution in [3.63, 3.8) is 0 Å². The summed E-state index contributed by atoms with van der Waals surface area (Å²) >= 11 is 0. The van der Waals surface area contributed by atoms with Crippen LogP contribution < -0.4 is 5.32 Å². The molecule has 6 heteroatoms. The average molecular weight is 438 g/mol. The lowest BCUT2D eigenvalue weighted by Gasteiger charge is -2.34. The van der Waals surface area contributed by atoms with Gasteiger partial charge in [-0.15, -0.1) is 24.8 Å². The van der Waals surface area contributed by atoms with E-state index in [2.05, 4.69) is 29.1 Å². The summed E-state index contributed by atoms with van der Waals surface area (Å²) in [6.07, 6.45) is 6.52. The number of fused-ring (bicyclic) bond motifs is 1. The van der Waals surface area contributed by atoms with Crippen LogP contribution in [0.15, 0.2) is 36.7 Å². The van der Waals surface area contributed by atoms with Gasteiger partial charge in [0.05, 0.1) is 17.4 Å². The summed E-state index contributed by atoms with van der Waals surface area (Å²) in [5.74, 6) is -0.139. The van der Waals surface area contributed by atoms with E-state index >= 15 is 0 Å². The molecule has 158 valence electrons. The second-order valence-electron chi connectivity index (χ2n) is 8.71. The molecule has 29 heavy (non-hydrogen) atoms. The maximum Gasteiger partial charge on any atom is 0.128 e. The smallest absolute Gasteiger partial charge is 0.128 e. The van der Waals surface area contributed by atoms with Gasteiger partial charge >= 0.3 is 0 Å². The van der Waals surface area contributed by atoms with Gasteiger partial charge in [-0.25, -0.2) is 9.37 Å². The zero-order chi connectivity index (χ0) is 19.0. The SMILES string of the molecule is Cc1cc2nc[nH]c2cc1-c1ccc(CNC2CCC(C)(C)CC2)c(F)c1.Cl.Cl. The van der Waals surface area contributed by atoms with Gasteiger partial charge in [-0.1, -0.05) is 26.0 Å². The molecule has 1 aliphatic rings. The van der Waals surface area contributed by atoms with Gasteiger partial charge in [0.1, 0.15) is 5.82 Å². The fraction of sp³-hybridized carbons (Fsp3) is 0.435. The number of imidazole rings is 1. The van der Waals surface area contributed by atoms with Crippen LogP contribution in [-0.2, 0) is 6.54 Å². The highest BCUT2D eigenvalue weighted by molar-refractivity contribution is 5.86. The van der Waals surface area contributed by atoms with E-state index < -0.39 is 0 Å². The van der Waals surface area contributed by atoms with Crippen molar-refractivity contribution in [2.75, 3.05) is 0 Å². The van der Waals surface area contributed by atoms with Crippen molar-refractivity contribution >= 4 is 35.8 Å². The van der Waals surface area contributed by atoms with Crippen LogP contribution in [0.2, 0.25) is 0 Å². The monoisotopic (exact) mass is 437 g/mol. The Labute approximate surface area is 184 Å². The molecule has 1 aromatic heterocycles. The van der Waals surface area contributed by atoms with E-state index in [9.17, 15) is 4.39 Å². The Morgan fingerprint density at radius 2 is 1.86 bits per heavy atom. The molecule has 0 amide bonds. The summed E-state index contributed by atoms with van der Waals surface area (Å²) in [5.41, 5.74) is 6.16. The van der Waals surface area contributed by atoms with Crippen LogP contribution in [-0.4, -0.2) is 16.0 Å². The Morgan fingerprint density at radius 3 is 2.55 bits per heavy atom. The first-order chi connectivity index (χ1) is 12.9. The minimum absolute atomic E-state index is 0. The van der Waals surface area contributed by atoms with Crippen LogP contribution >= 0.6 is 24.8 Å². The predicted octanol–water partition coefficient (Wildman–Crippen LogP) is 6.58. The molecule has 0 bridgehead atoms. The molecular formula is C23H30Cl2FN3. The van der Waals surface area contributed by atoms with E-state index in [1.165, 1.54) is 25.7 Å². The van der Waals surface area contributed by atoms with E-state index in [0.717, 1.165) is 33.3 Å². The lowest BCUT2D eigenvalue weighted by Crippen LogP contribution is -2.35. The molecule has 0 atom stereocenters. The number of aryl methyl sites for hydroxylation is 1. The minimum atomic E-state index is -0.139. The van der Waals surface area contributed by atoms with Crippen molar-refractivity contribution < 1.29 is 4.39 Å². The third kappa shape index (κ3) is 5.30. The van der Waals surface area contributed by atoms with Crippen LogP contribution in [0.3, 0.4) is 0 Å². The van der Waals surface area contributed by atoms with Crippen molar-refractivity contribution in [2.45, 2.75) is 59.0 Å². The van der Waals surface area contributed by atoms with Crippen molar-refractivity contribution in [1.29, 1.82) is 0 Å². The molecule has 3 nitrogen and oxygen atoms in total. The lowest BCUT2D eigenvalue weighted by molar-refractivity contribution is 0.205. The number of benzene rings is 2. The zero-order valence-electron chi connectivity index (χ0n) is 17.2. The molecule has 0 saturated heterocycles. The van der Waals surface area contributed by atoms with E-state index in [-0.39, 0.29) is 30.6 Å². The Morgan fingerprint density at radius 1 is 1.14 bits per heavy atom. The molecule has 0 unspecified atom stereocenters. The highest BCUT2D eigenvalue weighted by atomic mass is 35.5. The highest BCUT2D eigenvalue weighted by Gasteiger charge is 2.26. The van der Waals surface area contributed by atoms with Gasteiger partial charge in [0.2, 0.25) is 0 Å². The first kappa shape index (κ1) is 23.7. The summed E-state index contributed by atoms with van der Waals surface area (Å²) in [6.45, 7) is 7.31. The molecular weight excluding hydrogens is 408 g/mol. The molecule has 0 aliphatic heterocycles. The number of aromatic nitrogens is 2. The van der Waals surface area contributed by atoms with Crippen LogP contribution in [0, 0.1) is 18.2 Å². The third-order valence-corrected chi connectivity index (χ3v) is 6.05. The number of hydrogen-bond donors (Lipinski definition) is 2. The Hall–Kier alpha value is -1.62. The van der Waals surface area contributed by atoms with E-state index in [1.54, 1.807) is 12.4 Å². The first-order valence-electron chi connectivity index (χ1n) is 9.87. The number of aromatic amines is 1. The summed E-state index contributed by atoms with van der Waals surface area (Å²) in [6, 6.07) is 10.2. The molecule has 1 saturated carbocycles. The lowest BCUT2D eigenvalue weighted by atomic mass is 9.75. The maximum absolute atomic E-state index is 14.7. The van der Waals surface area contributed by atoms with Gasteiger partial charge in [0.25, 0.3) is 0 Å². The second-order valence-corrected chi connectivity index (χ2v) is 8.71. The largest absolute Gasteiger partial charge is 0.345 e. The molecule has 3 aromatic rings. The molecule has 1 fully saturated rings. The van der Waals surface area contributed by atoms with E-state index in [0.29, 0.717) is 18.0 Å². The molecule has 0 spiro atoms. The molecule has 1 aliphatic carbocycles. The van der Waals surface area contributed by atoms with E-state index in [1.807, 2.05) is 31.2 Å². The van der Waals surface area contributed by atoms with Gasteiger partial charge in [0, 0.05) is 18.2 Å². The maximum atomic E-state index is 14.7. The number of halogens is 3. The summed E-state index contributed by atoms with van der Waals surface area (Å²) in [7, 11) is 0. The zero-order valence-corrected chi connectivity index (χ0v) is 18.9. The van der Waals surface area contributed by atoms with Crippen LogP contribution in [0.25, 0.3) is 22.2 Å². The number of nitrogens with zero attached hydrogens (tertiary/aromatic N) is 1. The second kappa shape index (κ2) is 9.46. The van der Waals surface area contributed by atoms with Gasteiger partial charge in [-0.2, -0.15) is 0 Å². The summed E-state index contributed by atoms with van der Waals surface area (Å²) in [5, 5.41) is 3.55. The average Bonchev–Trinajstić information content (AvgIpc) is 3.08. The van der Waals surface area contributed by atoms with E-state index in [4.69, 9.17) is 0 Å². The van der Waals surface area contributed by atoms with Crippen molar-refractivity contribution in [3.8, 4) is 11.1 Å². The summed E-state index contributed by atoms with van der Waals surface area (Å²) < 4.78 is 14.7. The number of H-pyrrole nitrogens is 1. The van der Waals surface area contributed by atoms with Crippen molar-refractivity contribution in [3.05, 3.63) is 53.6 Å². The molecule has 4 rings (SSSR count). The van der Waals surface area contributed by atoms with Gasteiger partial charge in [0.15, 0.2) is 0 Å². The third-order valence-electron chi connectivity index (χ3n) is 6.05. The van der Waals surface area contributed by atoms with Crippen LogP contribution in [0.5, 0.6) is 0 Å². The molecule has 2 N–H and O–H groups in total. The fourth-order valence-electron chi connectivity index (χ4n) is 4.11. The Balaban J connectivity index is 0.00000150. The first-order valence-corrected chi connectivity index (χ1v) is 9.87. The van der Waals surface area contributed by atoms with Crippen LogP contribution in [0.1, 0.15) is 50.7 Å². The number of nitrogens with one attached hydrogen (secondary N) is 2. The Kier molecular flexibility index (Phi) is 7.72. The molecule has 2 aromatic carbocycles. The number of rotatable bonds is 4. The van der Waals surface area contributed by atoms with Gasteiger partial charge in [-0.05, 0) is 72.9 Å². The normalized spacial score (nSPS) is 16.3. The number of hydrogen-bond acceptors (Lipinski definition) is 2. The predicted molar refractivity (Wildman–Crippen MR) is 124 cm³/mol. The Bertz CT molecular complexity index is 958. The van der Waals surface area contributed by atoms with Crippen molar-refractivity contribution in [1.82, 2.24) is 15.3 Å². The molecule has 1 heterocycles. The fourth-order valence-corrected chi connectivity index (χ4v) is 4.11. The standard InChI is InChI=1S/C23H28FN3.2ClH/c1-15-10-21-22(27-14-26-21)12-19(15)16-4-5-17(20(24)11-16)13-25-18-6-8-23(2,3)9-7-18;;/h4-5,10-12,14,18,25H,6-9,13H2,1-3H3,(H,26,27);2*1H. The topological polar surface area (TPSA) is 40.7 Å². The van der Waals surface area contributed by atoms with Crippen LogP contribution in [0.4, 0.5) is 4.39 Å².